The largest absolute Gasteiger partial charge is 0.435 e. The van der Waals surface area contributed by atoms with Crippen LogP contribution in [-0.2, 0) is 6.42 Å². The van der Waals surface area contributed by atoms with Gasteiger partial charge in [-0.1, -0.05) is 19.1 Å². The maximum atomic E-state index is 12.3. The molecular weight excluding hydrogens is 276 g/mol. The van der Waals surface area contributed by atoms with Crippen LogP contribution >= 0.6 is 0 Å². The Kier molecular flexibility index (Phi) is 3.77. The maximum Gasteiger partial charge on any atom is 0.387 e. The molecule has 0 bridgehead atoms. The molecule has 0 fully saturated rings. The fourth-order valence-corrected chi connectivity index (χ4v) is 2.67. The number of hydrogen-bond acceptors (Lipinski definition) is 3. The molecule has 0 spiro atoms. The minimum absolute atomic E-state index is 0.0928. The van der Waals surface area contributed by atoms with Gasteiger partial charge < -0.3 is 14.6 Å². The highest BCUT2D eigenvalue weighted by Crippen LogP contribution is 2.31. The van der Waals surface area contributed by atoms with E-state index in [1.165, 1.54) is 0 Å². The Balaban J connectivity index is 1.93. The van der Waals surface area contributed by atoms with Crippen molar-refractivity contribution in [3.05, 3.63) is 41.7 Å². The van der Waals surface area contributed by atoms with E-state index in [1.807, 2.05) is 12.3 Å². The lowest BCUT2D eigenvalue weighted by Crippen LogP contribution is -2.23. The molecule has 1 aliphatic rings. The summed E-state index contributed by atoms with van der Waals surface area (Å²) >= 11 is 0. The molecule has 21 heavy (non-hydrogen) atoms. The second kappa shape index (κ2) is 5.71. The lowest BCUT2D eigenvalue weighted by Gasteiger charge is -2.26. The Morgan fingerprint density at radius 1 is 1.48 bits per heavy atom. The highest BCUT2D eigenvalue weighted by Gasteiger charge is 2.23. The summed E-state index contributed by atoms with van der Waals surface area (Å²) in [7, 11) is 0. The van der Waals surface area contributed by atoms with Crippen molar-refractivity contribution < 1.29 is 13.5 Å². The third kappa shape index (κ3) is 2.84. The van der Waals surface area contributed by atoms with Crippen molar-refractivity contribution in [1.29, 1.82) is 0 Å². The molecule has 6 heteroatoms. The first-order chi connectivity index (χ1) is 10.2. The van der Waals surface area contributed by atoms with Gasteiger partial charge in [0.1, 0.15) is 5.75 Å². The molecule has 3 rings (SSSR count). The van der Waals surface area contributed by atoms with Gasteiger partial charge in [0.2, 0.25) is 5.95 Å². The quantitative estimate of drug-likeness (QED) is 0.938. The standard InChI is InChI=1S/C15H17F2N3O/c1-2-11-9-20-13(6-7-18-15(20)19-11)10-4-3-5-12(8-10)21-14(16)17/h3-5,8-9,13-14H,2,6-7H2,1H3,(H,18,19). The van der Waals surface area contributed by atoms with Crippen molar-refractivity contribution in [2.24, 2.45) is 0 Å². The number of aromatic nitrogens is 2. The van der Waals surface area contributed by atoms with E-state index in [2.05, 4.69) is 26.5 Å². The molecule has 0 aliphatic carbocycles. The van der Waals surface area contributed by atoms with Gasteiger partial charge in [-0.15, -0.1) is 0 Å². The first-order valence-corrected chi connectivity index (χ1v) is 7.03. The van der Waals surface area contributed by atoms with Crippen molar-refractivity contribution in [3.8, 4) is 5.75 Å². The van der Waals surface area contributed by atoms with Crippen LogP contribution in [0.2, 0.25) is 0 Å². The van der Waals surface area contributed by atoms with Crippen LogP contribution in [0.1, 0.15) is 30.6 Å². The number of hydrogen-bond donors (Lipinski definition) is 1. The van der Waals surface area contributed by atoms with Gasteiger partial charge in [0.25, 0.3) is 0 Å². The lowest BCUT2D eigenvalue weighted by atomic mass is 10.0. The smallest absolute Gasteiger partial charge is 0.387 e. The van der Waals surface area contributed by atoms with Gasteiger partial charge in [0.15, 0.2) is 0 Å². The number of halogens is 2. The summed E-state index contributed by atoms with van der Waals surface area (Å²) in [5.41, 5.74) is 1.97. The van der Waals surface area contributed by atoms with E-state index in [0.29, 0.717) is 0 Å². The summed E-state index contributed by atoms with van der Waals surface area (Å²) in [5, 5.41) is 3.26. The molecule has 1 aromatic carbocycles. The van der Waals surface area contributed by atoms with Gasteiger partial charge >= 0.3 is 6.61 Å². The van der Waals surface area contributed by atoms with Gasteiger partial charge in [0, 0.05) is 12.7 Å². The van der Waals surface area contributed by atoms with E-state index in [1.54, 1.807) is 18.2 Å². The third-order valence-electron chi connectivity index (χ3n) is 3.65. The van der Waals surface area contributed by atoms with Crippen molar-refractivity contribution in [2.75, 3.05) is 11.9 Å². The summed E-state index contributed by atoms with van der Waals surface area (Å²) in [6.07, 6.45) is 3.76. The van der Waals surface area contributed by atoms with Crippen LogP contribution in [-0.4, -0.2) is 22.7 Å². The number of fused-ring (bicyclic) bond motifs is 1. The second-order valence-corrected chi connectivity index (χ2v) is 5.00. The van der Waals surface area contributed by atoms with Crippen LogP contribution in [0.25, 0.3) is 0 Å². The number of anilines is 1. The number of ether oxygens (including phenoxy) is 1. The minimum atomic E-state index is -2.80. The maximum absolute atomic E-state index is 12.3. The molecule has 0 saturated heterocycles. The first-order valence-electron chi connectivity index (χ1n) is 7.03. The Hall–Kier alpha value is -2.11. The molecule has 1 atom stereocenters. The summed E-state index contributed by atoms with van der Waals surface area (Å²) in [5.74, 6) is 1.03. The van der Waals surface area contributed by atoms with E-state index < -0.39 is 6.61 Å². The number of nitrogens with one attached hydrogen (secondary N) is 1. The molecule has 112 valence electrons. The van der Waals surface area contributed by atoms with Gasteiger partial charge in [-0.25, -0.2) is 4.98 Å². The number of alkyl halides is 2. The second-order valence-electron chi connectivity index (χ2n) is 5.00. The number of imidazole rings is 1. The van der Waals surface area contributed by atoms with Crippen molar-refractivity contribution in [2.45, 2.75) is 32.4 Å². The van der Waals surface area contributed by atoms with E-state index in [-0.39, 0.29) is 11.8 Å². The number of rotatable bonds is 4. The van der Waals surface area contributed by atoms with Crippen molar-refractivity contribution >= 4 is 5.95 Å². The molecular formula is C15H17F2N3O. The van der Waals surface area contributed by atoms with Crippen molar-refractivity contribution in [3.63, 3.8) is 0 Å². The summed E-state index contributed by atoms with van der Waals surface area (Å²) in [4.78, 5) is 4.52. The van der Waals surface area contributed by atoms with Gasteiger partial charge in [-0.05, 0) is 30.5 Å². The monoisotopic (exact) mass is 293 g/mol. The molecule has 0 radical (unpaired) electrons. The zero-order chi connectivity index (χ0) is 14.8. The molecule has 4 nitrogen and oxygen atoms in total. The van der Waals surface area contributed by atoms with E-state index in [4.69, 9.17) is 0 Å². The Bertz CT molecular complexity index is 627. The van der Waals surface area contributed by atoms with E-state index in [9.17, 15) is 8.78 Å². The Labute approximate surface area is 121 Å². The molecule has 1 N–H and O–H groups in total. The van der Waals surface area contributed by atoms with Crippen molar-refractivity contribution in [1.82, 2.24) is 9.55 Å². The molecule has 2 heterocycles. The average Bonchev–Trinajstić information content (AvgIpc) is 2.89. The molecule has 2 aromatic rings. The predicted molar refractivity (Wildman–Crippen MR) is 75.9 cm³/mol. The number of aryl methyl sites for hydroxylation is 1. The van der Waals surface area contributed by atoms with Gasteiger partial charge in [-0.3, -0.25) is 0 Å². The molecule has 1 aliphatic heterocycles. The zero-order valence-corrected chi connectivity index (χ0v) is 11.7. The number of benzene rings is 1. The van der Waals surface area contributed by atoms with Crippen LogP contribution < -0.4 is 10.1 Å². The summed E-state index contributed by atoms with van der Waals surface area (Å²) in [6.45, 7) is 0.0642. The molecule has 0 amide bonds. The highest BCUT2D eigenvalue weighted by atomic mass is 19.3. The van der Waals surface area contributed by atoms with Crippen LogP contribution in [0.5, 0.6) is 5.75 Å². The Morgan fingerprint density at radius 2 is 2.33 bits per heavy atom. The predicted octanol–water partition coefficient (Wildman–Crippen LogP) is 3.45. The number of nitrogens with zero attached hydrogens (tertiary/aromatic N) is 2. The lowest BCUT2D eigenvalue weighted by molar-refractivity contribution is -0.0499. The average molecular weight is 293 g/mol. The minimum Gasteiger partial charge on any atom is -0.435 e. The molecule has 1 unspecified atom stereocenters. The van der Waals surface area contributed by atoms with E-state index in [0.717, 1.165) is 36.6 Å². The Morgan fingerprint density at radius 3 is 3.10 bits per heavy atom. The first kappa shape index (κ1) is 13.9. The molecule has 0 saturated carbocycles. The fraction of sp³-hybridized carbons (Fsp3) is 0.400. The summed E-state index contributed by atoms with van der Waals surface area (Å²) < 4.78 is 31.2. The van der Waals surface area contributed by atoms with E-state index >= 15 is 0 Å². The topological polar surface area (TPSA) is 39.1 Å². The van der Waals surface area contributed by atoms with Crippen LogP contribution in [0, 0.1) is 0 Å². The normalized spacial score (nSPS) is 17.4. The fourth-order valence-electron chi connectivity index (χ4n) is 2.67. The highest BCUT2D eigenvalue weighted by molar-refractivity contribution is 5.38. The van der Waals surface area contributed by atoms with Gasteiger partial charge in [-0.2, -0.15) is 8.78 Å². The van der Waals surface area contributed by atoms with Crippen LogP contribution in [0.4, 0.5) is 14.7 Å². The molecule has 1 aromatic heterocycles. The SMILES string of the molecule is CCc1cn2c(n1)NCCC2c1cccc(OC(F)F)c1. The van der Waals surface area contributed by atoms with Crippen LogP contribution in [0.3, 0.4) is 0 Å². The summed E-state index contributed by atoms with van der Waals surface area (Å²) in [6, 6.07) is 6.99. The third-order valence-corrected chi connectivity index (χ3v) is 3.65. The van der Waals surface area contributed by atoms with Gasteiger partial charge in [0.05, 0.1) is 11.7 Å². The van der Waals surface area contributed by atoms with Crippen LogP contribution in [0.15, 0.2) is 30.5 Å². The zero-order valence-electron chi connectivity index (χ0n) is 11.7.